The van der Waals surface area contributed by atoms with Crippen LogP contribution in [0.3, 0.4) is 0 Å². The monoisotopic (exact) mass is 282 g/mol. The smallest absolute Gasteiger partial charge is 0.237 e. The van der Waals surface area contributed by atoms with Gasteiger partial charge < -0.3 is 0 Å². The molecule has 1 N–H and O–H groups in total. The predicted molar refractivity (Wildman–Crippen MR) is 85.8 cm³/mol. The predicted octanol–water partition coefficient (Wildman–Crippen LogP) is 4.40. The van der Waals surface area contributed by atoms with E-state index in [-0.39, 0.29) is 5.71 Å². The summed E-state index contributed by atoms with van der Waals surface area (Å²) in [7, 11) is 0. The number of nitrogens with one attached hydrogen (secondary N) is 1. The molecule has 1 rings (SSSR count). The van der Waals surface area contributed by atoms with E-state index in [0.717, 1.165) is 12.1 Å². The molecule has 0 spiro atoms. The number of hydrogen-bond acceptors (Lipinski definition) is 4. The van der Waals surface area contributed by atoms with Crippen LogP contribution in [-0.2, 0) is 6.42 Å². The molecular formula is C17H22N4. The lowest BCUT2D eigenvalue weighted by Gasteiger charge is -2.04. The molecule has 0 heterocycles. The Balaban J connectivity index is 2.33. The van der Waals surface area contributed by atoms with Crippen molar-refractivity contribution >= 4 is 11.4 Å². The fraction of sp³-hybridized carbons (Fsp3) is 0.471. The summed E-state index contributed by atoms with van der Waals surface area (Å²) in [6.07, 6.45) is 8.91. The molecule has 0 saturated carbocycles. The van der Waals surface area contributed by atoms with Gasteiger partial charge in [-0.3, -0.25) is 5.43 Å². The van der Waals surface area contributed by atoms with E-state index < -0.39 is 0 Å². The second kappa shape index (κ2) is 10.5. The van der Waals surface area contributed by atoms with Gasteiger partial charge in [0.15, 0.2) is 0 Å². The SMILES string of the molecule is CCCCCCCCc1ccc(NN=C(C#N)C#N)cc1. The summed E-state index contributed by atoms with van der Waals surface area (Å²) in [6, 6.07) is 11.4. The van der Waals surface area contributed by atoms with Gasteiger partial charge in [-0.15, -0.1) is 0 Å². The quantitative estimate of drug-likeness (QED) is 0.414. The minimum atomic E-state index is -0.175. The zero-order valence-corrected chi connectivity index (χ0v) is 12.6. The minimum Gasteiger partial charge on any atom is -0.277 e. The number of aryl methyl sites for hydroxylation is 1. The molecule has 0 atom stereocenters. The third-order valence-corrected chi connectivity index (χ3v) is 3.28. The average molecular weight is 282 g/mol. The topological polar surface area (TPSA) is 72.0 Å². The molecule has 0 radical (unpaired) electrons. The summed E-state index contributed by atoms with van der Waals surface area (Å²) in [5.74, 6) is 0. The van der Waals surface area contributed by atoms with Crippen LogP contribution >= 0.6 is 0 Å². The molecule has 0 aliphatic carbocycles. The van der Waals surface area contributed by atoms with Gasteiger partial charge in [0, 0.05) is 0 Å². The van der Waals surface area contributed by atoms with Crippen LogP contribution in [0.4, 0.5) is 5.69 Å². The maximum Gasteiger partial charge on any atom is 0.237 e. The molecule has 0 bridgehead atoms. The lowest BCUT2D eigenvalue weighted by molar-refractivity contribution is 0.607. The molecule has 0 aliphatic heterocycles. The van der Waals surface area contributed by atoms with E-state index in [2.05, 4.69) is 29.6 Å². The number of benzene rings is 1. The van der Waals surface area contributed by atoms with Gasteiger partial charge in [0.2, 0.25) is 5.71 Å². The van der Waals surface area contributed by atoms with E-state index in [1.807, 2.05) is 12.1 Å². The lowest BCUT2D eigenvalue weighted by atomic mass is 10.0. The fourth-order valence-electron chi connectivity index (χ4n) is 2.05. The first-order valence-electron chi connectivity index (χ1n) is 7.53. The molecule has 4 heteroatoms. The normalized spacial score (nSPS) is 9.48. The molecule has 0 fully saturated rings. The summed E-state index contributed by atoms with van der Waals surface area (Å²) >= 11 is 0. The second-order valence-corrected chi connectivity index (χ2v) is 5.01. The Labute approximate surface area is 127 Å². The van der Waals surface area contributed by atoms with Gasteiger partial charge in [-0.25, -0.2) is 0 Å². The lowest BCUT2D eigenvalue weighted by Crippen LogP contribution is -1.96. The fourth-order valence-corrected chi connectivity index (χ4v) is 2.05. The van der Waals surface area contributed by atoms with Gasteiger partial charge >= 0.3 is 0 Å². The molecule has 0 aromatic heterocycles. The number of nitrogens with zero attached hydrogens (tertiary/aromatic N) is 3. The first-order valence-corrected chi connectivity index (χ1v) is 7.53. The van der Waals surface area contributed by atoms with Crippen LogP contribution in [0.15, 0.2) is 29.4 Å². The Morgan fingerprint density at radius 1 is 1.00 bits per heavy atom. The van der Waals surface area contributed by atoms with Crippen molar-refractivity contribution in [1.29, 1.82) is 10.5 Å². The Morgan fingerprint density at radius 2 is 1.62 bits per heavy atom. The van der Waals surface area contributed by atoms with Crippen molar-refractivity contribution < 1.29 is 0 Å². The van der Waals surface area contributed by atoms with Crippen LogP contribution in [0.1, 0.15) is 51.0 Å². The summed E-state index contributed by atoms with van der Waals surface area (Å²) in [5.41, 5.74) is 4.62. The number of anilines is 1. The van der Waals surface area contributed by atoms with Crippen LogP contribution in [0.25, 0.3) is 0 Å². The van der Waals surface area contributed by atoms with Gasteiger partial charge in [0.25, 0.3) is 0 Å². The molecule has 110 valence electrons. The Hall–Kier alpha value is -2.33. The first kappa shape index (κ1) is 16.7. The highest BCUT2D eigenvalue weighted by Crippen LogP contribution is 2.13. The van der Waals surface area contributed by atoms with Crippen LogP contribution in [-0.4, -0.2) is 5.71 Å². The number of rotatable bonds is 9. The number of hydrazone groups is 1. The molecule has 0 saturated heterocycles. The van der Waals surface area contributed by atoms with Gasteiger partial charge in [0.05, 0.1) is 5.69 Å². The van der Waals surface area contributed by atoms with Crippen LogP contribution in [0, 0.1) is 22.7 Å². The average Bonchev–Trinajstić information content (AvgIpc) is 2.53. The molecule has 0 unspecified atom stereocenters. The summed E-state index contributed by atoms with van der Waals surface area (Å²) < 4.78 is 0. The summed E-state index contributed by atoms with van der Waals surface area (Å²) in [5, 5.41) is 20.9. The van der Waals surface area contributed by atoms with E-state index in [0.29, 0.717) is 0 Å². The van der Waals surface area contributed by atoms with Crippen LogP contribution in [0.2, 0.25) is 0 Å². The summed E-state index contributed by atoms with van der Waals surface area (Å²) in [6.45, 7) is 2.23. The number of hydrogen-bond donors (Lipinski definition) is 1. The van der Waals surface area contributed by atoms with E-state index in [4.69, 9.17) is 10.5 Å². The first-order chi connectivity index (χ1) is 10.3. The van der Waals surface area contributed by atoms with E-state index in [1.165, 1.54) is 44.1 Å². The molecule has 0 aliphatic rings. The van der Waals surface area contributed by atoms with Gasteiger partial charge in [0.1, 0.15) is 12.1 Å². The third-order valence-electron chi connectivity index (χ3n) is 3.28. The molecule has 1 aromatic carbocycles. The van der Waals surface area contributed by atoms with E-state index in [9.17, 15) is 0 Å². The van der Waals surface area contributed by atoms with E-state index in [1.54, 1.807) is 12.1 Å². The molecule has 0 amide bonds. The Morgan fingerprint density at radius 3 is 2.24 bits per heavy atom. The van der Waals surface area contributed by atoms with Crippen molar-refractivity contribution in [3.05, 3.63) is 29.8 Å². The highest BCUT2D eigenvalue weighted by molar-refractivity contribution is 6.10. The maximum atomic E-state index is 8.58. The molecule has 21 heavy (non-hydrogen) atoms. The standard InChI is InChI=1S/C17H22N4/c1-2-3-4-5-6-7-8-15-9-11-16(12-10-15)20-21-17(13-18)14-19/h9-12,20H,2-8H2,1H3. The summed E-state index contributed by atoms with van der Waals surface area (Å²) in [4.78, 5) is 0. The number of nitriles is 2. The van der Waals surface area contributed by atoms with Crippen molar-refractivity contribution in [3.63, 3.8) is 0 Å². The van der Waals surface area contributed by atoms with Gasteiger partial charge in [-0.2, -0.15) is 15.6 Å². The van der Waals surface area contributed by atoms with Crippen molar-refractivity contribution in [1.82, 2.24) is 0 Å². The molecular weight excluding hydrogens is 260 g/mol. The zero-order valence-electron chi connectivity index (χ0n) is 12.6. The number of unbranched alkanes of at least 4 members (excludes halogenated alkanes) is 5. The maximum absolute atomic E-state index is 8.58. The highest BCUT2D eigenvalue weighted by atomic mass is 15.3. The largest absolute Gasteiger partial charge is 0.277 e. The van der Waals surface area contributed by atoms with Crippen LogP contribution in [0.5, 0.6) is 0 Å². The van der Waals surface area contributed by atoms with Crippen molar-refractivity contribution in [3.8, 4) is 12.1 Å². The Kier molecular flexibility index (Phi) is 8.33. The second-order valence-electron chi connectivity index (χ2n) is 5.01. The highest BCUT2D eigenvalue weighted by Gasteiger charge is 1.97. The van der Waals surface area contributed by atoms with E-state index >= 15 is 0 Å². The zero-order chi connectivity index (χ0) is 15.3. The van der Waals surface area contributed by atoms with Gasteiger partial charge in [-0.05, 0) is 30.5 Å². The van der Waals surface area contributed by atoms with Crippen molar-refractivity contribution in [2.24, 2.45) is 5.10 Å². The van der Waals surface area contributed by atoms with Crippen molar-refractivity contribution in [2.45, 2.75) is 51.9 Å². The third kappa shape index (κ3) is 7.13. The minimum absolute atomic E-state index is 0.175. The molecule has 4 nitrogen and oxygen atoms in total. The van der Waals surface area contributed by atoms with Crippen molar-refractivity contribution in [2.75, 3.05) is 5.43 Å². The molecule has 1 aromatic rings. The Bertz CT molecular complexity index is 501. The van der Waals surface area contributed by atoms with Crippen LogP contribution < -0.4 is 5.43 Å². The van der Waals surface area contributed by atoms with Gasteiger partial charge in [-0.1, -0.05) is 51.2 Å².